The van der Waals surface area contributed by atoms with Crippen LogP contribution in [0.1, 0.15) is 54.8 Å². The second-order valence-corrected chi connectivity index (χ2v) is 8.36. The van der Waals surface area contributed by atoms with Crippen molar-refractivity contribution in [3.05, 3.63) is 35.4 Å². The van der Waals surface area contributed by atoms with Crippen LogP contribution < -0.4 is 5.32 Å². The number of fused-ring (bicyclic) bond motifs is 1. The first-order valence-corrected chi connectivity index (χ1v) is 9.14. The molecule has 0 radical (unpaired) electrons. The summed E-state index contributed by atoms with van der Waals surface area (Å²) >= 11 is 1.53. The van der Waals surface area contributed by atoms with Gasteiger partial charge in [0.25, 0.3) is 11.8 Å². The maximum Gasteiger partial charge on any atom is 0.261 e. The summed E-state index contributed by atoms with van der Waals surface area (Å²) in [6.07, 6.45) is 0.670. The van der Waals surface area contributed by atoms with E-state index in [4.69, 9.17) is 0 Å². The van der Waals surface area contributed by atoms with E-state index in [9.17, 15) is 14.4 Å². The number of benzene rings is 1. The van der Waals surface area contributed by atoms with Gasteiger partial charge in [0.05, 0.1) is 16.4 Å². The van der Waals surface area contributed by atoms with Crippen molar-refractivity contribution >= 4 is 29.5 Å². The molecule has 0 fully saturated rings. The number of hydrogen-bond acceptors (Lipinski definition) is 4. The Balaban J connectivity index is 1.79. The Morgan fingerprint density at radius 1 is 1.17 bits per heavy atom. The number of carbonyl (C=O) groups excluding carboxylic acids is 3. The van der Waals surface area contributed by atoms with Gasteiger partial charge in [0, 0.05) is 12.1 Å². The number of nitrogens with one attached hydrogen (secondary N) is 1. The molecule has 0 aromatic heterocycles. The smallest absolute Gasteiger partial charge is 0.261 e. The second kappa shape index (κ2) is 7.38. The van der Waals surface area contributed by atoms with Crippen LogP contribution in [-0.4, -0.2) is 45.7 Å². The number of imide groups is 1. The molecule has 1 N–H and O–H groups in total. The molecule has 1 aliphatic rings. The molecule has 0 spiro atoms. The molecule has 0 aliphatic carbocycles. The van der Waals surface area contributed by atoms with E-state index in [1.165, 1.54) is 16.7 Å². The van der Waals surface area contributed by atoms with Crippen LogP contribution in [0.3, 0.4) is 0 Å². The molecule has 1 heterocycles. The van der Waals surface area contributed by atoms with E-state index in [1.807, 2.05) is 27.7 Å². The molecule has 6 heteroatoms. The highest BCUT2D eigenvalue weighted by atomic mass is 32.2. The van der Waals surface area contributed by atoms with Gasteiger partial charge in [0.1, 0.15) is 0 Å². The highest BCUT2D eigenvalue weighted by Crippen LogP contribution is 2.23. The number of rotatable bonds is 6. The van der Waals surface area contributed by atoms with Crippen LogP contribution in [0.25, 0.3) is 0 Å². The minimum atomic E-state index is -0.244. The molecule has 0 saturated heterocycles. The number of amides is 3. The molecule has 0 saturated carbocycles. The summed E-state index contributed by atoms with van der Waals surface area (Å²) in [6.45, 7) is 8.10. The van der Waals surface area contributed by atoms with Crippen molar-refractivity contribution < 1.29 is 14.4 Å². The normalized spacial score (nSPS) is 15.4. The average Bonchev–Trinajstić information content (AvgIpc) is 2.74. The molecule has 1 atom stereocenters. The Labute approximate surface area is 147 Å². The molecular formula is C18H24N2O3S. The molecule has 5 nitrogen and oxygen atoms in total. The minimum absolute atomic E-state index is 0.00762. The fraction of sp³-hybridized carbons (Fsp3) is 0.500. The minimum Gasteiger partial charge on any atom is -0.351 e. The van der Waals surface area contributed by atoms with Gasteiger partial charge in [0.15, 0.2) is 0 Å². The lowest BCUT2D eigenvalue weighted by Gasteiger charge is -2.23. The molecular weight excluding hydrogens is 324 g/mol. The summed E-state index contributed by atoms with van der Waals surface area (Å²) in [5.74, 6) is 0.276. The molecule has 0 unspecified atom stereocenters. The second-order valence-electron chi connectivity index (χ2n) is 6.91. The van der Waals surface area contributed by atoms with Crippen molar-refractivity contribution in [2.24, 2.45) is 0 Å². The standard InChI is InChI=1S/C18H24N2O3S/c1-12(15(21)19-18(2,3)4)24-11-7-10-20-16(22)13-8-5-6-9-14(13)17(20)23/h5-6,8-9,12H,7,10-11H2,1-4H3,(H,19,21)/t12-/m0/s1. The third-order valence-corrected chi connectivity index (χ3v) is 4.88. The van der Waals surface area contributed by atoms with Crippen LogP contribution in [0.5, 0.6) is 0 Å². The molecule has 130 valence electrons. The van der Waals surface area contributed by atoms with E-state index >= 15 is 0 Å². The summed E-state index contributed by atoms with van der Waals surface area (Å²) in [6, 6.07) is 6.89. The Bertz CT molecular complexity index is 617. The number of nitrogens with zero attached hydrogens (tertiary/aromatic N) is 1. The lowest BCUT2D eigenvalue weighted by molar-refractivity contribution is -0.121. The largest absolute Gasteiger partial charge is 0.351 e. The van der Waals surface area contributed by atoms with Gasteiger partial charge in [-0.3, -0.25) is 19.3 Å². The van der Waals surface area contributed by atoms with Gasteiger partial charge in [-0.15, -0.1) is 11.8 Å². The first-order valence-electron chi connectivity index (χ1n) is 8.09. The van der Waals surface area contributed by atoms with Gasteiger partial charge in [-0.1, -0.05) is 12.1 Å². The molecule has 1 aromatic rings. The fourth-order valence-electron chi connectivity index (χ4n) is 2.47. The van der Waals surface area contributed by atoms with Crippen LogP contribution in [-0.2, 0) is 4.79 Å². The molecule has 1 aliphatic heterocycles. The number of hydrogen-bond donors (Lipinski definition) is 1. The first kappa shape index (κ1) is 18.5. The third-order valence-electron chi connectivity index (χ3n) is 3.64. The molecule has 3 amide bonds. The van der Waals surface area contributed by atoms with Crippen molar-refractivity contribution in [2.75, 3.05) is 12.3 Å². The number of thioether (sulfide) groups is 1. The monoisotopic (exact) mass is 348 g/mol. The van der Waals surface area contributed by atoms with Crippen LogP contribution in [0.4, 0.5) is 0 Å². The maximum absolute atomic E-state index is 12.2. The van der Waals surface area contributed by atoms with E-state index < -0.39 is 0 Å². The van der Waals surface area contributed by atoms with E-state index in [0.29, 0.717) is 29.8 Å². The SMILES string of the molecule is C[C@H](SCCCN1C(=O)c2ccccc2C1=O)C(=O)NC(C)(C)C. The summed E-state index contributed by atoms with van der Waals surface area (Å²) in [4.78, 5) is 37.8. The lowest BCUT2D eigenvalue weighted by Crippen LogP contribution is -2.44. The summed E-state index contributed by atoms with van der Waals surface area (Å²) in [7, 11) is 0. The van der Waals surface area contributed by atoms with Crippen molar-refractivity contribution in [3.8, 4) is 0 Å². The van der Waals surface area contributed by atoms with Gasteiger partial charge < -0.3 is 5.32 Å². The molecule has 1 aromatic carbocycles. The summed E-state index contributed by atoms with van der Waals surface area (Å²) < 4.78 is 0. The zero-order chi connectivity index (χ0) is 17.9. The number of carbonyl (C=O) groups is 3. The zero-order valence-corrected chi connectivity index (χ0v) is 15.4. The topological polar surface area (TPSA) is 66.5 Å². The van der Waals surface area contributed by atoms with Crippen molar-refractivity contribution in [3.63, 3.8) is 0 Å². The van der Waals surface area contributed by atoms with Crippen molar-refractivity contribution in [2.45, 2.75) is 44.9 Å². The summed E-state index contributed by atoms with van der Waals surface area (Å²) in [5.41, 5.74) is 0.715. The van der Waals surface area contributed by atoms with Crippen LogP contribution in [0.15, 0.2) is 24.3 Å². The predicted octanol–water partition coefficient (Wildman–Crippen LogP) is 2.71. The Morgan fingerprint density at radius 2 is 1.71 bits per heavy atom. The highest BCUT2D eigenvalue weighted by molar-refractivity contribution is 8.00. The molecule has 24 heavy (non-hydrogen) atoms. The van der Waals surface area contributed by atoms with E-state index in [1.54, 1.807) is 24.3 Å². The van der Waals surface area contributed by atoms with E-state index in [-0.39, 0.29) is 28.5 Å². The Kier molecular flexibility index (Phi) is 5.70. The zero-order valence-electron chi connectivity index (χ0n) is 14.6. The average molecular weight is 348 g/mol. The van der Waals surface area contributed by atoms with Gasteiger partial charge in [0.2, 0.25) is 5.91 Å². The maximum atomic E-state index is 12.2. The van der Waals surface area contributed by atoms with Crippen LogP contribution in [0, 0.1) is 0 Å². The van der Waals surface area contributed by atoms with E-state index in [0.717, 1.165) is 0 Å². The van der Waals surface area contributed by atoms with Crippen LogP contribution >= 0.6 is 11.8 Å². The van der Waals surface area contributed by atoms with Crippen molar-refractivity contribution in [1.82, 2.24) is 10.2 Å². The summed E-state index contributed by atoms with van der Waals surface area (Å²) in [5, 5.41) is 2.79. The predicted molar refractivity (Wildman–Crippen MR) is 96.2 cm³/mol. The molecule has 2 rings (SSSR count). The quantitative estimate of drug-likeness (QED) is 0.634. The van der Waals surface area contributed by atoms with Gasteiger partial charge in [-0.25, -0.2) is 0 Å². The van der Waals surface area contributed by atoms with Gasteiger partial charge >= 0.3 is 0 Å². The van der Waals surface area contributed by atoms with E-state index in [2.05, 4.69) is 5.32 Å². The highest BCUT2D eigenvalue weighted by Gasteiger charge is 2.34. The van der Waals surface area contributed by atoms with Gasteiger partial charge in [-0.05, 0) is 52.0 Å². The fourth-order valence-corrected chi connectivity index (χ4v) is 3.33. The Morgan fingerprint density at radius 3 is 2.21 bits per heavy atom. The first-order chi connectivity index (χ1) is 11.2. The third kappa shape index (κ3) is 4.38. The van der Waals surface area contributed by atoms with Crippen LogP contribution in [0.2, 0.25) is 0 Å². The van der Waals surface area contributed by atoms with Crippen molar-refractivity contribution in [1.29, 1.82) is 0 Å². The lowest BCUT2D eigenvalue weighted by atomic mass is 10.1. The Hall–Kier alpha value is -1.82. The molecule has 0 bridgehead atoms. The van der Waals surface area contributed by atoms with Gasteiger partial charge in [-0.2, -0.15) is 0 Å².